The molecule has 1 aliphatic carbocycles. The van der Waals surface area contributed by atoms with Crippen LogP contribution in [0.1, 0.15) is 34.0 Å². The third-order valence-corrected chi connectivity index (χ3v) is 5.13. The molecule has 1 aromatic heterocycles. The summed E-state index contributed by atoms with van der Waals surface area (Å²) in [5, 5.41) is 5.23. The molecular weight excluding hydrogens is 280 g/mol. The highest BCUT2D eigenvalue weighted by Gasteiger charge is 2.24. The number of aryl methyl sites for hydroxylation is 2. The van der Waals surface area contributed by atoms with E-state index >= 15 is 0 Å². The van der Waals surface area contributed by atoms with E-state index in [9.17, 15) is 4.79 Å². The Morgan fingerprint density at radius 3 is 2.95 bits per heavy atom. The van der Waals surface area contributed by atoms with E-state index in [1.807, 2.05) is 13.1 Å². The van der Waals surface area contributed by atoms with E-state index in [2.05, 4.69) is 41.9 Å². The molecule has 110 valence electrons. The number of benzene rings is 1. The van der Waals surface area contributed by atoms with E-state index in [0.717, 1.165) is 12.8 Å². The maximum absolute atomic E-state index is 12.4. The number of carbonyl (C=O) groups is 1. The van der Waals surface area contributed by atoms with E-state index in [-0.39, 0.29) is 12.1 Å². The summed E-state index contributed by atoms with van der Waals surface area (Å²) in [4.78, 5) is 15.4. The Hall–Kier alpha value is -1.81. The summed E-state index contributed by atoms with van der Waals surface area (Å²) in [6.07, 6.45) is 2.05. The van der Waals surface area contributed by atoms with Crippen molar-refractivity contribution < 1.29 is 4.79 Å². The second-order valence-corrected chi connectivity index (χ2v) is 6.62. The smallest absolute Gasteiger partial charge is 0.317 e. The zero-order chi connectivity index (χ0) is 14.8. The van der Waals surface area contributed by atoms with Gasteiger partial charge in [0.2, 0.25) is 0 Å². The van der Waals surface area contributed by atoms with Crippen molar-refractivity contribution in [2.24, 2.45) is 0 Å². The van der Waals surface area contributed by atoms with Crippen LogP contribution in [0.4, 0.5) is 4.79 Å². The fourth-order valence-electron chi connectivity index (χ4n) is 2.82. The predicted octanol–water partition coefficient (Wildman–Crippen LogP) is 3.89. The van der Waals surface area contributed by atoms with Crippen LogP contribution < -0.4 is 5.32 Å². The van der Waals surface area contributed by atoms with E-state index in [0.29, 0.717) is 6.54 Å². The van der Waals surface area contributed by atoms with E-state index in [1.165, 1.54) is 21.6 Å². The van der Waals surface area contributed by atoms with Crippen molar-refractivity contribution in [2.45, 2.75) is 32.4 Å². The molecule has 4 heteroatoms. The predicted molar refractivity (Wildman–Crippen MR) is 86.6 cm³/mol. The number of hydrogen-bond donors (Lipinski definition) is 1. The highest BCUT2D eigenvalue weighted by molar-refractivity contribution is 7.10. The van der Waals surface area contributed by atoms with Gasteiger partial charge in [-0.25, -0.2) is 4.79 Å². The highest BCUT2D eigenvalue weighted by atomic mass is 32.1. The summed E-state index contributed by atoms with van der Waals surface area (Å²) in [6, 6.07) is 10.6. The Kier molecular flexibility index (Phi) is 3.97. The maximum atomic E-state index is 12.4. The van der Waals surface area contributed by atoms with E-state index in [4.69, 9.17) is 0 Å². The summed E-state index contributed by atoms with van der Waals surface area (Å²) < 4.78 is 0. The largest absolute Gasteiger partial charge is 0.331 e. The molecule has 0 unspecified atom stereocenters. The van der Waals surface area contributed by atoms with Crippen molar-refractivity contribution in [3.8, 4) is 0 Å². The minimum atomic E-state index is 0.00417. The highest BCUT2D eigenvalue weighted by Crippen LogP contribution is 2.30. The minimum Gasteiger partial charge on any atom is -0.331 e. The monoisotopic (exact) mass is 300 g/mol. The van der Waals surface area contributed by atoms with Crippen molar-refractivity contribution in [2.75, 3.05) is 7.05 Å². The molecule has 0 bridgehead atoms. The second kappa shape index (κ2) is 5.90. The third kappa shape index (κ3) is 2.95. The molecular formula is C17H20N2OS. The van der Waals surface area contributed by atoms with Crippen LogP contribution in [0.2, 0.25) is 0 Å². The van der Waals surface area contributed by atoms with Gasteiger partial charge in [-0.3, -0.25) is 0 Å². The standard InChI is InChI=1S/C17H20N2OS/c1-12-9-10-21-16(12)11-19(2)17(20)18-15-8-7-13-5-3-4-6-14(13)15/h3-6,9-10,15H,7-8,11H2,1-2H3,(H,18,20)/t15-/m0/s1. The lowest BCUT2D eigenvalue weighted by Gasteiger charge is -2.21. The molecule has 3 nitrogen and oxygen atoms in total. The Balaban J connectivity index is 1.63. The van der Waals surface area contributed by atoms with Gasteiger partial charge in [0.1, 0.15) is 0 Å². The molecule has 1 heterocycles. The van der Waals surface area contributed by atoms with E-state index in [1.54, 1.807) is 16.2 Å². The number of fused-ring (bicyclic) bond motifs is 1. The number of hydrogen-bond acceptors (Lipinski definition) is 2. The van der Waals surface area contributed by atoms with Gasteiger partial charge in [-0.1, -0.05) is 24.3 Å². The molecule has 1 aliphatic rings. The minimum absolute atomic E-state index is 0.00417. The summed E-state index contributed by atoms with van der Waals surface area (Å²) in [7, 11) is 1.86. The summed E-state index contributed by atoms with van der Waals surface area (Å²) in [5.74, 6) is 0. The lowest BCUT2D eigenvalue weighted by molar-refractivity contribution is 0.203. The molecule has 0 radical (unpaired) electrons. The molecule has 0 saturated carbocycles. The van der Waals surface area contributed by atoms with Crippen molar-refractivity contribution in [1.29, 1.82) is 0 Å². The van der Waals surface area contributed by atoms with Gasteiger partial charge in [-0.05, 0) is 47.9 Å². The lowest BCUT2D eigenvalue weighted by Crippen LogP contribution is -2.38. The summed E-state index contributed by atoms with van der Waals surface area (Å²) in [6.45, 7) is 2.76. The van der Waals surface area contributed by atoms with Crippen LogP contribution in [-0.4, -0.2) is 18.0 Å². The molecule has 1 N–H and O–H groups in total. The summed E-state index contributed by atoms with van der Waals surface area (Å²) in [5.41, 5.74) is 3.89. The van der Waals surface area contributed by atoms with Gasteiger partial charge in [-0.15, -0.1) is 11.3 Å². The first-order valence-electron chi connectivity index (χ1n) is 7.27. The van der Waals surface area contributed by atoms with Crippen molar-refractivity contribution in [3.05, 3.63) is 57.3 Å². The van der Waals surface area contributed by atoms with Gasteiger partial charge in [0.15, 0.2) is 0 Å². The Morgan fingerprint density at radius 1 is 1.38 bits per heavy atom. The molecule has 3 rings (SSSR count). The zero-order valence-corrected chi connectivity index (χ0v) is 13.2. The molecule has 0 aliphatic heterocycles. The van der Waals surface area contributed by atoms with Gasteiger partial charge >= 0.3 is 6.03 Å². The normalized spacial score (nSPS) is 16.6. The topological polar surface area (TPSA) is 32.3 Å². The number of amides is 2. The second-order valence-electron chi connectivity index (χ2n) is 5.62. The van der Waals surface area contributed by atoms with Gasteiger partial charge in [0, 0.05) is 11.9 Å². The van der Waals surface area contributed by atoms with Crippen LogP contribution in [0.3, 0.4) is 0 Å². The lowest BCUT2D eigenvalue weighted by atomic mass is 10.1. The van der Waals surface area contributed by atoms with Crippen molar-refractivity contribution >= 4 is 17.4 Å². The van der Waals surface area contributed by atoms with Gasteiger partial charge in [-0.2, -0.15) is 0 Å². The third-order valence-electron chi connectivity index (χ3n) is 4.13. The van der Waals surface area contributed by atoms with Crippen LogP contribution in [0.25, 0.3) is 0 Å². The fraction of sp³-hybridized carbons (Fsp3) is 0.353. The Morgan fingerprint density at radius 2 is 2.19 bits per heavy atom. The van der Waals surface area contributed by atoms with Crippen LogP contribution in [0.15, 0.2) is 35.7 Å². The van der Waals surface area contributed by atoms with Crippen molar-refractivity contribution in [1.82, 2.24) is 10.2 Å². The summed E-state index contributed by atoms with van der Waals surface area (Å²) >= 11 is 1.70. The molecule has 1 atom stereocenters. The first-order chi connectivity index (χ1) is 10.1. The molecule has 21 heavy (non-hydrogen) atoms. The SMILES string of the molecule is Cc1ccsc1CN(C)C(=O)N[C@H]1CCc2ccccc21. The maximum Gasteiger partial charge on any atom is 0.317 e. The number of urea groups is 1. The van der Waals surface area contributed by atoms with Crippen molar-refractivity contribution in [3.63, 3.8) is 0 Å². The number of nitrogens with one attached hydrogen (secondary N) is 1. The number of nitrogens with zero attached hydrogens (tertiary/aromatic N) is 1. The molecule has 0 saturated heterocycles. The average Bonchev–Trinajstić information content (AvgIpc) is 3.07. The average molecular weight is 300 g/mol. The van der Waals surface area contributed by atoms with Gasteiger partial charge < -0.3 is 10.2 Å². The first-order valence-corrected chi connectivity index (χ1v) is 8.15. The van der Waals surface area contributed by atoms with Crippen LogP contribution in [0, 0.1) is 6.92 Å². The molecule has 0 spiro atoms. The first kappa shape index (κ1) is 14.1. The van der Waals surface area contributed by atoms with Crippen LogP contribution >= 0.6 is 11.3 Å². The number of rotatable bonds is 3. The number of carbonyl (C=O) groups excluding carboxylic acids is 1. The van der Waals surface area contributed by atoms with Gasteiger partial charge in [0.25, 0.3) is 0 Å². The molecule has 2 amide bonds. The zero-order valence-electron chi connectivity index (χ0n) is 12.4. The Labute approximate surface area is 129 Å². The van der Waals surface area contributed by atoms with E-state index < -0.39 is 0 Å². The number of thiophene rings is 1. The van der Waals surface area contributed by atoms with Crippen LogP contribution in [0.5, 0.6) is 0 Å². The molecule has 2 aromatic rings. The molecule has 1 aromatic carbocycles. The Bertz CT molecular complexity index is 650. The quantitative estimate of drug-likeness (QED) is 0.916. The molecule has 0 fully saturated rings. The van der Waals surface area contributed by atoms with Gasteiger partial charge in [0.05, 0.1) is 12.6 Å². The fourth-order valence-corrected chi connectivity index (χ4v) is 3.78. The van der Waals surface area contributed by atoms with Crippen LogP contribution in [-0.2, 0) is 13.0 Å².